The van der Waals surface area contributed by atoms with Gasteiger partial charge in [0.1, 0.15) is 4.33 Å². The molecule has 76 valence electrons. The number of hydrogen-bond acceptors (Lipinski definition) is 1. The maximum atomic E-state index is 5.90. The van der Waals surface area contributed by atoms with Crippen molar-refractivity contribution in [2.24, 2.45) is 5.92 Å². The first kappa shape index (κ1) is 10.4. The maximum Gasteiger partial charge on any atom is 0.123 e. The minimum atomic E-state index is -0.501. The van der Waals surface area contributed by atoms with Crippen LogP contribution < -0.4 is 5.32 Å². The van der Waals surface area contributed by atoms with Crippen LogP contribution in [0.15, 0.2) is 24.3 Å². The lowest BCUT2D eigenvalue weighted by Gasteiger charge is -2.05. The molecule has 0 radical (unpaired) electrons. The molecule has 0 amide bonds. The second-order valence-electron chi connectivity index (χ2n) is 3.55. The van der Waals surface area contributed by atoms with E-state index in [9.17, 15) is 0 Å². The Hall–Kier alpha value is -0.110. The summed E-state index contributed by atoms with van der Waals surface area (Å²) in [5.74, 6) is 0.363. The minimum absolute atomic E-state index is 0.363. The molecule has 1 saturated carbocycles. The molecule has 1 fully saturated rings. The summed E-state index contributed by atoms with van der Waals surface area (Å²) in [6, 6.07) is 7.58. The van der Waals surface area contributed by atoms with Crippen molar-refractivity contribution in [3.8, 4) is 0 Å². The lowest BCUT2D eigenvalue weighted by molar-refractivity contribution is 0.875. The van der Waals surface area contributed by atoms with Gasteiger partial charge < -0.3 is 5.32 Å². The van der Waals surface area contributed by atoms with Crippen molar-refractivity contribution in [2.75, 3.05) is 11.9 Å². The lowest BCUT2D eigenvalue weighted by Crippen LogP contribution is -2.07. The van der Waals surface area contributed by atoms with Crippen LogP contribution in [-0.2, 0) is 0 Å². The van der Waals surface area contributed by atoms with Crippen LogP contribution in [0.4, 0.5) is 5.69 Å². The van der Waals surface area contributed by atoms with Gasteiger partial charge in [-0.15, -0.1) is 23.2 Å². The van der Waals surface area contributed by atoms with Crippen molar-refractivity contribution in [3.63, 3.8) is 0 Å². The van der Waals surface area contributed by atoms with Gasteiger partial charge in [-0.2, -0.15) is 0 Å². The molecule has 4 heteroatoms. The van der Waals surface area contributed by atoms with Crippen molar-refractivity contribution in [1.82, 2.24) is 0 Å². The molecule has 0 heterocycles. The van der Waals surface area contributed by atoms with Crippen molar-refractivity contribution < 1.29 is 0 Å². The van der Waals surface area contributed by atoms with Crippen LogP contribution >= 0.6 is 34.8 Å². The number of anilines is 1. The molecule has 0 aliphatic heterocycles. The van der Waals surface area contributed by atoms with Crippen LogP contribution in [0.25, 0.3) is 0 Å². The van der Waals surface area contributed by atoms with Gasteiger partial charge in [-0.25, -0.2) is 0 Å². The minimum Gasteiger partial charge on any atom is -0.385 e. The van der Waals surface area contributed by atoms with Gasteiger partial charge in [-0.05, 0) is 30.7 Å². The zero-order valence-electron chi connectivity index (χ0n) is 7.43. The SMILES string of the molecule is Clc1ccc(NCC2CC2(Cl)Cl)cc1. The fourth-order valence-corrected chi connectivity index (χ4v) is 1.95. The van der Waals surface area contributed by atoms with E-state index in [1.807, 2.05) is 24.3 Å². The van der Waals surface area contributed by atoms with E-state index >= 15 is 0 Å². The summed E-state index contributed by atoms with van der Waals surface area (Å²) in [4.78, 5) is 0. The topological polar surface area (TPSA) is 12.0 Å². The van der Waals surface area contributed by atoms with E-state index in [2.05, 4.69) is 5.32 Å². The molecule has 1 aromatic rings. The molecule has 1 atom stereocenters. The summed E-state index contributed by atoms with van der Waals surface area (Å²) < 4.78 is -0.501. The summed E-state index contributed by atoms with van der Waals surface area (Å²) in [6.45, 7) is 0.814. The van der Waals surface area contributed by atoms with Gasteiger partial charge in [0, 0.05) is 23.2 Å². The standard InChI is InChI=1S/C10H10Cl3N/c11-8-1-3-9(4-2-8)14-6-7-5-10(7,12)13/h1-4,7,14H,5-6H2. The Labute approximate surface area is 98.3 Å². The van der Waals surface area contributed by atoms with E-state index in [4.69, 9.17) is 34.8 Å². The predicted octanol–water partition coefficient (Wildman–Crippen LogP) is 3.95. The van der Waals surface area contributed by atoms with Gasteiger partial charge in [0.2, 0.25) is 0 Å². The molecular weight excluding hydrogens is 240 g/mol. The Kier molecular flexibility index (Phi) is 2.83. The number of halogens is 3. The average Bonchev–Trinajstić information content (AvgIpc) is 2.73. The first-order chi connectivity index (χ1) is 6.58. The zero-order chi connectivity index (χ0) is 10.2. The Morgan fingerprint density at radius 2 is 1.86 bits per heavy atom. The fraction of sp³-hybridized carbons (Fsp3) is 0.400. The molecule has 1 nitrogen and oxygen atoms in total. The molecule has 0 aromatic heterocycles. The van der Waals surface area contributed by atoms with Gasteiger partial charge in [0.15, 0.2) is 0 Å². The summed E-state index contributed by atoms with van der Waals surface area (Å²) in [7, 11) is 0. The second-order valence-corrected chi connectivity index (χ2v) is 5.53. The van der Waals surface area contributed by atoms with Crippen LogP contribution in [0.5, 0.6) is 0 Å². The molecule has 2 rings (SSSR count). The van der Waals surface area contributed by atoms with Crippen molar-refractivity contribution in [1.29, 1.82) is 0 Å². The molecule has 1 aliphatic rings. The fourth-order valence-electron chi connectivity index (χ4n) is 1.30. The van der Waals surface area contributed by atoms with Crippen LogP contribution in [0.3, 0.4) is 0 Å². The summed E-state index contributed by atoms with van der Waals surface area (Å²) >= 11 is 17.6. The number of rotatable bonds is 3. The van der Waals surface area contributed by atoms with Crippen LogP contribution in [-0.4, -0.2) is 10.9 Å². The van der Waals surface area contributed by atoms with Gasteiger partial charge in [0.25, 0.3) is 0 Å². The highest BCUT2D eigenvalue weighted by molar-refractivity contribution is 6.50. The zero-order valence-corrected chi connectivity index (χ0v) is 9.70. The van der Waals surface area contributed by atoms with Gasteiger partial charge >= 0.3 is 0 Å². The molecule has 1 aromatic carbocycles. The van der Waals surface area contributed by atoms with E-state index in [-0.39, 0.29) is 0 Å². The molecule has 1 aliphatic carbocycles. The smallest absolute Gasteiger partial charge is 0.123 e. The Bertz CT molecular complexity index is 321. The van der Waals surface area contributed by atoms with E-state index in [0.29, 0.717) is 5.92 Å². The quantitative estimate of drug-likeness (QED) is 0.801. The lowest BCUT2D eigenvalue weighted by atomic mass is 10.3. The van der Waals surface area contributed by atoms with Crippen molar-refractivity contribution in [2.45, 2.75) is 10.8 Å². The molecule has 1 N–H and O–H groups in total. The molecule has 14 heavy (non-hydrogen) atoms. The summed E-state index contributed by atoms with van der Waals surface area (Å²) in [5, 5.41) is 4.00. The van der Waals surface area contributed by atoms with Gasteiger partial charge in [0.05, 0.1) is 0 Å². The highest BCUT2D eigenvalue weighted by Crippen LogP contribution is 2.52. The molecule has 0 saturated heterocycles. The van der Waals surface area contributed by atoms with Gasteiger partial charge in [-0.1, -0.05) is 11.6 Å². The molecular formula is C10H10Cl3N. The number of hydrogen-bond donors (Lipinski definition) is 1. The van der Waals surface area contributed by atoms with E-state index in [1.165, 1.54) is 0 Å². The third-order valence-corrected chi connectivity index (χ3v) is 3.53. The van der Waals surface area contributed by atoms with Crippen LogP contribution in [0, 0.1) is 5.92 Å². The highest BCUT2D eigenvalue weighted by atomic mass is 35.5. The Morgan fingerprint density at radius 1 is 1.29 bits per heavy atom. The normalized spacial score (nSPS) is 23.2. The van der Waals surface area contributed by atoms with Crippen molar-refractivity contribution >= 4 is 40.5 Å². The predicted molar refractivity (Wildman–Crippen MR) is 62.5 cm³/mol. The van der Waals surface area contributed by atoms with Gasteiger partial charge in [-0.3, -0.25) is 0 Å². The molecule has 0 bridgehead atoms. The first-order valence-electron chi connectivity index (χ1n) is 4.45. The number of benzene rings is 1. The average molecular weight is 251 g/mol. The maximum absolute atomic E-state index is 5.90. The summed E-state index contributed by atoms with van der Waals surface area (Å²) in [6.07, 6.45) is 0.872. The van der Waals surface area contributed by atoms with Crippen LogP contribution in [0.2, 0.25) is 5.02 Å². The van der Waals surface area contributed by atoms with E-state index < -0.39 is 4.33 Å². The number of nitrogens with one attached hydrogen (secondary N) is 1. The van der Waals surface area contributed by atoms with E-state index in [1.54, 1.807) is 0 Å². The second kappa shape index (κ2) is 3.80. The van der Waals surface area contributed by atoms with E-state index in [0.717, 1.165) is 23.7 Å². The molecule has 1 unspecified atom stereocenters. The summed E-state index contributed by atoms with van der Waals surface area (Å²) in [5.41, 5.74) is 1.05. The first-order valence-corrected chi connectivity index (χ1v) is 5.58. The van der Waals surface area contributed by atoms with Crippen molar-refractivity contribution in [3.05, 3.63) is 29.3 Å². The number of alkyl halides is 2. The van der Waals surface area contributed by atoms with Crippen LogP contribution in [0.1, 0.15) is 6.42 Å². The monoisotopic (exact) mass is 249 g/mol. The largest absolute Gasteiger partial charge is 0.385 e. The Morgan fingerprint density at radius 3 is 2.36 bits per heavy atom. The Balaban J connectivity index is 1.84. The highest BCUT2D eigenvalue weighted by Gasteiger charge is 2.51. The third-order valence-electron chi connectivity index (χ3n) is 2.35. The third kappa shape index (κ3) is 2.47. The molecule has 0 spiro atoms.